The lowest BCUT2D eigenvalue weighted by Gasteiger charge is -2.15. The molecule has 1 N–H and O–H groups in total. The third-order valence-corrected chi connectivity index (χ3v) is 4.82. The van der Waals surface area contributed by atoms with Crippen molar-refractivity contribution in [3.63, 3.8) is 0 Å². The maximum Gasteiger partial charge on any atom is 0.328 e. The van der Waals surface area contributed by atoms with Crippen molar-refractivity contribution in [2.75, 3.05) is 0 Å². The molecule has 0 saturated carbocycles. The molecular formula is C24H26N2O2. The summed E-state index contributed by atoms with van der Waals surface area (Å²) in [7, 11) is 0. The first-order valence-electron chi connectivity index (χ1n) is 9.61. The highest BCUT2D eigenvalue weighted by Gasteiger charge is 2.14. The summed E-state index contributed by atoms with van der Waals surface area (Å²) in [5.74, 6) is 0. The number of nitrogens with zero attached hydrogens (tertiary/aromatic N) is 1. The van der Waals surface area contributed by atoms with Crippen LogP contribution in [0, 0.1) is 13.8 Å². The van der Waals surface area contributed by atoms with Crippen LogP contribution in [0.4, 0.5) is 0 Å². The van der Waals surface area contributed by atoms with E-state index in [9.17, 15) is 9.59 Å². The van der Waals surface area contributed by atoms with Crippen molar-refractivity contribution >= 4 is 6.08 Å². The van der Waals surface area contributed by atoms with Gasteiger partial charge in [0.15, 0.2) is 0 Å². The minimum Gasteiger partial charge on any atom is -0.293 e. The molecule has 0 amide bonds. The van der Waals surface area contributed by atoms with Crippen LogP contribution in [0.25, 0.3) is 6.08 Å². The molecule has 3 aromatic rings. The van der Waals surface area contributed by atoms with Gasteiger partial charge in [0.1, 0.15) is 0 Å². The van der Waals surface area contributed by atoms with Crippen molar-refractivity contribution in [3.05, 3.63) is 109 Å². The van der Waals surface area contributed by atoms with Crippen molar-refractivity contribution in [3.8, 4) is 0 Å². The smallest absolute Gasteiger partial charge is 0.293 e. The molecule has 0 saturated heterocycles. The summed E-state index contributed by atoms with van der Waals surface area (Å²) in [6.07, 6.45) is 5.09. The fourth-order valence-electron chi connectivity index (χ4n) is 3.64. The molecule has 0 spiro atoms. The molecule has 0 bridgehead atoms. The van der Waals surface area contributed by atoms with Gasteiger partial charge in [-0.1, -0.05) is 78.7 Å². The van der Waals surface area contributed by atoms with Crippen LogP contribution in [-0.2, 0) is 19.4 Å². The lowest BCUT2D eigenvalue weighted by Crippen LogP contribution is -2.35. The van der Waals surface area contributed by atoms with Gasteiger partial charge in [0.2, 0.25) is 0 Å². The summed E-state index contributed by atoms with van der Waals surface area (Å²) in [5.41, 5.74) is 5.36. The van der Waals surface area contributed by atoms with Gasteiger partial charge in [0.25, 0.3) is 5.56 Å². The summed E-state index contributed by atoms with van der Waals surface area (Å²) >= 11 is 0. The van der Waals surface area contributed by atoms with Crippen LogP contribution in [-0.4, -0.2) is 9.55 Å². The third kappa shape index (κ3) is 4.58. The van der Waals surface area contributed by atoms with Gasteiger partial charge in [-0.2, -0.15) is 0 Å². The molecule has 0 aliphatic heterocycles. The fraction of sp³-hybridized carbons (Fsp3) is 0.250. The number of H-pyrrole nitrogens is 1. The van der Waals surface area contributed by atoms with Crippen LogP contribution in [0.1, 0.15) is 40.4 Å². The van der Waals surface area contributed by atoms with Gasteiger partial charge < -0.3 is 0 Å². The van der Waals surface area contributed by atoms with Gasteiger partial charge in [-0.3, -0.25) is 14.3 Å². The van der Waals surface area contributed by atoms with E-state index in [4.69, 9.17) is 0 Å². The van der Waals surface area contributed by atoms with Gasteiger partial charge in [0.05, 0.1) is 0 Å². The molecule has 4 heteroatoms. The Morgan fingerprint density at radius 3 is 2.32 bits per heavy atom. The zero-order chi connectivity index (χ0) is 20.1. The molecule has 0 atom stereocenters. The van der Waals surface area contributed by atoms with Crippen molar-refractivity contribution in [2.24, 2.45) is 0 Å². The van der Waals surface area contributed by atoms with Crippen LogP contribution in [0.3, 0.4) is 0 Å². The Hall–Kier alpha value is -3.14. The molecule has 4 nitrogen and oxygen atoms in total. The largest absolute Gasteiger partial charge is 0.328 e. The SMILES string of the molecule is CCc1c(Cc2cc(C)cc(C)c2)n(C/C=C/c2ccccc2)c(=O)[nH]c1=O. The molecule has 0 unspecified atom stereocenters. The average molecular weight is 374 g/mol. The highest BCUT2D eigenvalue weighted by atomic mass is 16.2. The van der Waals surface area contributed by atoms with Crippen LogP contribution in [0.15, 0.2) is 64.2 Å². The number of hydrogen-bond donors (Lipinski definition) is 1. The topological polar surface area (TPSA) is 54.9 Å². The lowest BCUT2D eigenvalue weighted by molar-refractivity contribution is 0.677. The summed E-state index contributed by atoms with van der Waals surface area (Å²) in [6, 6.07) is 16.3. The van der Waals surface area contributed by atoms with E-state index < -0.39 is 0 Å². The second-order valence-corrected chi connectivity index (χ2v) is 7.13. The number of aromatic amines is 1. The second kappa shape index (κ2) is 8.70. The van der Waals surface area contributed by atoms with Crippen LogP contribution < -0.4 is 11.2 Å². The van der Waals surface area contributed by atoms with Crippen molar-refractivity contribution in [2.45, 2.75) is 40.2 Å². The van der Waals surface area contributed by atoms with E-state index >= 15 is 0 Å². The standard InChI is InChI=1S/C24H26N2O2/c1-4-21-22(16-20-14-17(2)13-18(3)15-20)26(24(28)25-23(21)27)12-8-11-19-9-6-5-7-10-19/h5-11,13-15H,4,12,16H2,1-3H3,(H,25,27,28)/b11-8+. The summed E-state index contributed by atoms with van der Waals surface area (Å²) in [6.45, 7) is 6.48. The molecule has 1 aromatic heterocycles. The first kappa shape index (κ1) is 19.6. The number of aromatic nitrogens is 2. The Balaban J connectivity index is 2.02. The molecule has 28 heavy (non-hydrogen) atoms. The average Bonchev–Trinajstić information content (AvgIpc) is 2.64. The maximum absolute atomic E-state index is 12.6. The second-order valence-electron chi connectivity index (χ2n) is 7.13. The number of rotatable bonds is 6. The first-order chi connectivity index (χ1) is 13.5. The zero-order valence-corrected chi connectivity index (χ0v) is 16.7. The minimum absolute atomic E-state index is 0.282. The van der Waals surface area contributed by atoms with Gasteiger partial charge in [-0.05, 0) is 31.4 Å². The fourth-order valence-corrected chi connectivity index (χ4v) is 3.64. The Labute approximate surface area is 165 Å². The van der Waals surface area contributed by atoms with Gasteiger partial charge in [0, 0.05) is 24.2 Å². The predicted octanol–water partition coefficient (Wildman–Crippen LogP) is 4.02. The normalized spacial score (nSPS) is 11.2. The molecule has 0 aliphatic carbocycles. The van der Waals surface area contributed by atoms with E-state index in [0.29, 0.717) is 24.9 Å². The zero-order valence-electron chi connectivity index (χ0n) is 16.7. The maximum atomic E-state index is 12.6. The van der Waals surface area contributed by atoms with E-state index in [1.54, 1.807) is 4.57 Å². The number of benzene rings is 2. The van der Waals surface area contributed by atoms with Gasteiger partial charge in [-0.25, -0.2) is 4.79 Å². The Bertz CT molecular complexity index is 1090. The number of aryl methyl sites for hydroxylation is 2. The van der Waals surface area contributed by atoms with Gasteiger partial charge >= 0.3 is 5.69 Å². The van der Waals surface area contributed by atoms with E-state index in [0.717, 1.165) is 16.8 Å². The number of nitrogens with one attached hydrogen (secondary N) is 1. The van der Waals surface area contributed by atoms with Crippen LogP contribution >= 0.6 is 0 Å². The number of hydrogen-bond acceptors (Lipinski definition) is 2. The third-order valence-electron chi connectivity index (χ3n) is 4.82. The van der Waals surface area contributed by atoms with Crippen LogP contribution in [0.5, 0.6) is 0 Å². The van der Waals surface area contributed by atoms with Crippen molar-refractivity contribution < 1.29 is 0 Å². The molecular weight excluding hydrogens is 348 g/mol. The summed E-state index contributed by atoms with van der Waals surface area (Å²) in [4.78, 5) is 27.4. The lowest BCUT2D eigenvalue weighted by atomic mass is 10.0. The summed E-state index contributed by atoms with van der Waals surface area (Å²) < 4.78 is 1.68. The monoisotopic (exact) mass is 374 g/mol. The van der Waals surface area contributed by atoms with E-state index in [1.807, 2.05) is 49.4 Å². The molecule has 0 aliphatic rings. The molecule has 2 aromatic carbocycles. The number of allylic oxidation sites excluding steroid dienone is 1. The van der Waals surface area contributed by atoms with Gasteiger partial charge in [-0.15, -0.1) is 0 Å². The minimum atomic E-state index is -0.362. The molecule has 3 rings (SSSR count). The quantitative estimate of drug-likeness (QED) is 0.708. The molecule has 144 valence electrons. The predicted molar refractivity (Wildman–Crippen MR) is 115 cm³/mol. The molecule has 0 fully saturated rings. The Kier molecular flexibility index (Phi) is 6.09. The molecule has 1 heterocycles. The van der Waals surface area contributed by atoms with Crippen molar-refractivity contribution in [1.82, 2.24) is 9.55 Å². The molecule has 0 radical (unpaired) electrons. The Morgan fingerprint density at radius 1 is 1.00 bits per heavy atom. The summed E-state index contributed by atoms with van der Waals surface area (Å²) in [5, 5.41) is 0. The van der Waals surface area contributed by atoms with Crippen LogP contribution in [0.2, 0.25) is 0 Å². The first-order valence-corrected chi connectivity index (χ1v) is 9.61. The highest BCUT2D eigenvalue weighted by Crippen LogP contribution is 2.15. The Morgan fingerprint density at radius 2 is 1.68 bits per heavy atom. The van der Waals surface area contributed by atoms with E-state index in [-0.39, 0.29) is 11.2 Å². The van der Waals surface area contributed by atoms with E-state index in [1.165, 1.54) is 11.1 Å². The highest BCUT2D eigenvalue weighted by molar-refractivity contribution is 5.48. The van der Waals surface area contributed by atoms with E-state index in [2.05, 4.69) is 37.0 Å². The van der Waals surface area contributed by atoms with Crippen molar-refractivity contribution in [1.29, 1.82) is 0 Å².